The molecule has 0 amide bonds. The summed E-state index contributed by atoms with van der Waals surface area (Å²) in [5.74, 6) is 0.312. The molecule has 0 aromatic rings. The van der Waals surface area contributed by atoms with Crippen LogP contribution in [0.5, 0.6) is 0 Å². The van der Waals surface area contributed by atoms with E-state index in [1.54, 1.807) is 14.2 Å². The van der Waals surface area contributed by atoms with Gasteiger partial charge in [-0.15, -0.1) is 0 Å². The van der Waals surface area contributed by atoms with Gasteiger partial charge in [-0.3, -0.25) is 4.90 Å². The molecule has 0 bridgehead atoms. The van der Waals surface area contributed by atoms with Crippen LogP contribution in [0.4, 0.5) is 0 Å². The van der Waals surface area contributed by atoms with Gasteiger partial charge in [0.1, 0.15) is 5.54 Å². The first-order valence-corrected chi connectivity index (χ1v) is 7.49. The predicted octanol–water partition coefficient (Wildman–Crippen LogP) is 1.38. The molecule has 5 nitrogen and oxygen atoms in total. The molecule has 3 unspecified atom stereocenters. The Morgan fingerprint density at radius 2 is 2.15 bits per heavy atom. The van der Waals surface area contributed by atoms with Crippen molar-refractivity contribution in [2.75, 3.05) is 40.5 Å². The topological polar surface area (TPSA) is 71.5 Å². The minimum Gasteiger partial charge on any atom is -0.383 e. The van der Waals surface area contributed by atoms with Gasteiger partial charge in [-0.1, -0.05) is 6.42 Å². The zero-order chi connectivity index (χ0) is 15.0. The van der Waals surface area contributed by atoms with Gasteiger partial charge in [0.15, 0.2) is 0 Å². The highest BCUT2D eigenvalue weighted by Gasteiger charge is 2.39. The molecule has 0 aliphatic heterocycles. The summed E-state index contributed by atoms with van der Waals surface area (Å²) in [5, 5.41) is 9.27. The summed E-state index contributed by atoms with van der Waals surface area (Å²) in [6, 6.07) is 2.67. The number of ether oxygens (including phenoxy) is 2. The number of rotatable bonds is 9. The number of methoxy groups -OCH3 is 2. The second-order valence-corrected chi connectivity index (χ2v) is 5.86. The van der Waals surface area contributed by atoms with Crippen LogP contribution in [0.15, 0.2) is 0 Å². The average molecular weight is 283 g/mol. The van der Waals surface area contributed by atoms with Crippen LogP contribution in [0.1, 0.15) is 32.6 Å². The van der Waals surface area contributed by atoms with Gasteiger partial charge in [-0.25, -0.2) is 0 Å². The summed E-state index contributed by atoms with van der Waals surface area (Å²) in [6.07, 6.45) is 3.95. The van der Waals surface area contributed by atoms with E-state index in [0.717, 1.165) is 38.8 Å². The highest BCUT2D eigenvalue weighted by molar-refractivity contribution is 5.11. The van der Waals surface area contributed by atoms with Crippen LogP contribution in [-0.4, -0.2) is 57.0 Å². The fraction of sp³-hybridized carbons (Fsp3) is 0.933. The van der Waals surface area contributed by atoms with Crippen molar-refractivity contribution in [1.29, 1.82) is 5.26 Å². The molecule has 20 heavy (non-hydrogen) atoms. The maximum Gasteiger partial charge on any atom is 0.107 e. The van der Waals surface area contributed by atoms with Crippen LogP contribution in [0.25, 0.3) is 0 Å². The second-order valence-electron chi connectivity index (χ2n) is 5.86. The lowest BCUT2D eigenvalue weighted by Gasteiger charge is -2.31. The van der Waals surface area contributed by atoms with E-state index in [4.69, 9.17) is 15.2 Å². The minimum atomic E-state index is -0.614. The summed E-state index contributed by atoms with van der Waals surface area (Å²) in [7, 11) is 3.44. The minimum absolute atomic E-state index is 0.312. The zero-order valence-corrected chi connectivity index (χ0v) is 13.1. The standard InChI is InChI=1S/C15H29N3O2/c1-13(11-20-3)18(9-10-19-2)8-6-14-5-4-7-15(14,17)12-16/h13-14H,4-11,17H2,1-3H3. The summed E-state index contributed by atoms with van der Waals surface area (Å²) in [6.45, 7) is 5.41. The van der Waals surface area contributed by atoms with Crippen molar-refractivity contribution in [3.05, 3.63) is 0 Å². The van der Waals surface area contributed by atoms with E-state index in [1.165, 1.54) is 0 Å². The molecule has 0 aromatic heterocycles. The Morgan fingerprint density at radius 1 is 1.40 bits per heavy atom. The highest BCUT2D eigenvalue weighted by Crippen LogP contribution is 2.35. The van der Waals surface area contributed by atoms with Crippen LogP contribution in [0, 0.1) is 17.2 Å². The third kappa shape index (κ3) is 4.71. The number of hydrogen-bond acceptors (Lipinski definition) is 5. The smallest absolute Gasteiger partial charge is 0.107 e. The number of hydrogen-bond donors (Lipinski definition) is 1. The Labute approximate surface area is 123 Å². The molecule has 5 heteroatoms. The molecule has 1 aliphatic rings. The number of nitrogens with two attached hydrogens (primary N) is 1. The van der Waals surface area contributed by atoms with E-state index in [9.17, 15) is 5.26 Å². The molecule has 1 saturated carbocycles. The molecule has 3 atom stereocenters. The van der Waals surface area contributed by atoms with Crippen molar-refractivity contribution in [3.8, 4) is 6.07 Å². The maximum atomic E-state index is 9.27. The molecule has 1 aliphatic carbocycles. The molecule has 1 fully saturated rings. The van der Waals surface area contributed by atoms with Gasteiger partial charge in [0.25, 0.3) is 0 Å². The highest BCUT2D eigenvalue weighted by atomic mass is 16.5. The van der Waals surface area contributed by atoms with Gasteiger partial charge in [-0.2, -0.15) is 5.26 Å². The van der Waals surface area contributed by atoms with Crippen molar-refractivity contribution in [3.63, 3.8) is 0 Å². The Kier molecular flexibility index (Phi) is 7.46. The van der Waals surface area contributed by atoms with E-state index in [2.05, 4.69) is 17.9 Å². The van der Waals surface area contributed by atoms with E-state index in [-0.39, 0.29) is 0 Å². The lowest BCUT2D eigenvalue weighted by Crippen LogP contribution is -2.45. The summed E-state index contributed by atoms with van der Waals surface area (Å²) >= 11 is 0. The molecular weight excluding hydrogens is 254 g/mol. The van der Waals surface area contributed by atoms with E-state index < -0.39 is 5.54 Å². The second kappa shape index (κ2) is 8.58. The Hall–Kier alpha value is -0.670. The van der Waals surface area contributed by atoms with Gasteiger partial charge >= 0.3 is 0 Å². The first-order chi connectivity index (χ1) is 9.57. The quantitative estimate of drug-likeness (QED) is 0.692. The van der Waals surface area contributed by atoms with E-state index >= 15 is 0 Å². The first kappa shape index (κ1) is 17.4. The Bertz CT molecular complexity index is 319. The van der Waals surface area contributed by atoms with Crippen LogP contribution < -0.4 is 5.73 Å². The first-order valence-electron chi connectivity index (χ1n) is 7.49. The molecular formula is C15H29N3O2. The Morgan fingerprint density at radius 3 is 2.75 bits per heavy atom. The van der Waals surface area contributed by atoms with Crippen molar-refractivity contribution >= 4 is 0 Å². The number of nitrogens with zero attached hydrogens (tertiary/aromatic N) is 2. The zero-order valence-electron chi connectivity index (χ0n) is 13.1. The van der Waals surface area contributed by atoms with Gasteiger partial charge in [0.05, 0.1) is 19.3 Å². The van der Waals surface area contributed by atoms with Crippen molar-refractivity contribution < 1.29 is 9.47 Å². The fourth-order valence-corrected chi connectivity index (χ4v) is 3.08. The molecule has 0 saturated heterocycles. The molecule has 0 radical (unpaired) electrons. The monoisotopic (exact) mass is 283 g/mol. The van der Waals surface area contributed by atoms with Crippen molar-refractivity contribution in [2.45, 2.75) is 44.2 Å². The molecule has 0 aromatic carbocycles. The Balaban J connectivity index is 2.51. The molecule has 0 spiro atoms. The van der Waals surface area contributed by atoms with Gasteiger partial charge in [0, 0.05) is 26.8 Å². The number of nitriles is 1. The lowest BCUT2D eigenvalue weighted by molar-refractivity contribution is 0.0702. The normalized spacial score (nSPS) is 27.7. The molecule has 2 N–H and O–H groups in total. The van der Waals surface area contributed by atoms with Crippen LogP contribution in [-0.2, 0) is 9.47 Å². The lowest BCUT2D eigenvalue weighted by atomic mass is 9.87. The molecule has 1 rings (SSSR count). The van der Waals surface area contributed by atoms with Crippen molar-refractivity contribution in [1.82, 2.24) is 4.90 Å². The third-order valence-electron chi connectivity index (χ3n) is 4.46. The average Bonchev–Trinajstić information content (AvgIpc) is 2.81. The largest absolute Gasteiger partial charge is 0.383 e. The third-order valence-corrected chi connectivity index (χ3v) is 4.46. The summed E-state index contributed by atoms with van der Waals surface area (Å²) < 4.78 is 10.4. The molecule has 0 heterocycles. The van der Waals surface area contributed by atoms with Gasteiger partial charge in [-0.05, 0) is 38.6 Å². The van der Waals surface area contributed by atoms with Gasteiger partial charge < -0.3 is 15.2 Å². The van der Waals surface area contributed by atoms with Crippen molar-refractivity contribution in [2.24, 2.45) is 11.7 Å². The van der Waals surface area contributed by atoms with E-state index in [0.29, 0.717) is 25.2 Å². The maximum absolute atomic E-state index is 9.27. The van der Waals surface area contributed by atoms with Crippen LogP contribution in [0.3, 0.4) is 0 Å². The van der Waals surface area contributed by atoms with E-state index in [1.807, 2.05) is 0 Å². The van der Waals surface area contributed by atoms with Gasteiger partial charge in [0.2, 0.25) is 0 Å². The summed E-state index contributed by atoms with van der Waals surface area (Å²) in [5.41, 5.74) is 5.58. The summed E-state index contributed by atoms with van der Waals surface area (Å²) in [4.78, 5) is 2.36. The van der Waals surface area contributed by atoms with Crippen LogP contribution in [0.2, 0.25) is 0 Å². The SMILES string of the molecule is COCCN(CCC1CCCC1(N)C#N)C(C)COC. The molecule has 116 valence electrons. The predicted molar refractivity (Wildman–Crippen MR) is 79.3 cm³/mol. The fourth-order valence-electron chi connectivity index (χ4n) is 3.08. The van der Waals surface area contributed by atoms with Crippen LogP contribution >= 0.6 is 0 Å².